The highest BCUT2D eigenvalue weighted by Gasteiger charge is 2.33. The average Bonchev–Trinajstić information content (AvgIpc) is 3.61. The van der Waals surface area contributed by atoms with Crippen LogP contribution in [0.25, 0.3) is 17.1 Å². The van der Waals surface area contributed by atoms with Gasteiger partial charge in [0.2, 0.25) is 5.91 Å². The van der Waals surface area contributed by atoms with Crippen molar-refractivity contribution >= 4 is 40.2 Å². The van der Waals surface area contributed by atoms with Crippen LogP contribution in [0.1, 0.15) is 36.6 Å². The van der Waals surface area contributed by atoms with Crippen molar-refractivity contribution in [3.05, 3.63) is 83.7 Å². The molecule has 1 N–H and O–H groups in total. The summed E-state index contributed by atoms with van der Waals surface area (Å²) in [5.41, 5.74) is 4.78. The van der Waals surface area contributed by atoms with Crippen molar-refractivity contribution in [1.82, 2.24) is 14.8 Å². The number of urea groups is 1. The number of amidine groups is 1. The highest BCUT2D eigenvalue weighted by molar-refractivity contribution is 8.15. The van der Waals surface area contributed by atoms with E-state index in [2.05, 4.69) is 25.1 Å². The number of thioether (sulfide) groups is 1. The summed E-state index contributed by atoms with van der Waals surface area (Å²) in [7, 11) is 0. The van der Waals surface area contributed by atoms with E-state index in [-0.39, 0.29) is 28.7 Å². The van der Waals surface area contributed by atoms with Crippen molar-refractivity contribution in [2.45, 2.75) is 40.2 Å². The van der Waals surface area contributed by atoms with Crippen LogP contribution in [-0.4, -0.2) is 50.6 Å². The molecular weight excluding hydrogens is 609 g/mol. The number of amides is 3. The minimum Gasteiger partial charge on any atom is -0.406 e. The van der Waals surface area contributed by atoms with Crippen LogP contribution in [-0.2, 0) is 9.53 Å². The lowest BCUT2D eigenvalue weighted by atomic mass is 10.0. The Labute approximate surface area is 261 Å². The fourth-order valence-corrected chi connectivity index (χ4v) is 5.56. The Morgan fingerprint density at radius 2 is 1.87 bits per heavy atom. The van der Waals surface area contributed by atoms with Gasteiger partial charge in [0.05, 0.1) is 23.2 Å². The number of aliphatic imine (C=N–C) groups is 1. The molecule has 1 fully saturated rings. The van der Waals surface area contributed by atoms with Crippen molar-refractivity contribution in [3.8, 4) is 22.8 Å². The topological polar surface area (TPSA) is 111 Å². The number of halogens is 3. The van der Waals surface area contributed by atoms with Crippen LogP contribution in [0.5, 0.6) is 5.75 Å². The lowest BCUT2D eigenvalue weighted by Crippen LogP contribution is -2.31. The Kier molecular flexibility index (Phi) is 9.25. The predicted molar refractivity (Wildman–Crippen MR) is 166 cm³/mol. The highest BCUT2D eigenvalue weighted by atomic mass is 32.2. The summed E-state index contributed by atoms with van der Waals surface area (Å²) >= 11 is 1.19. The smallest absolute Gasteiger partial charge is 0.406 e. The van der Waals surface area contributed by atoms with E-state index in [4.69, 9.17) is 4.74 Å². The van der Waals surface area contributed by atoms with E-state index in [1.165, 1.54) is 51.9 Å². The largest absolute Gasteiger partial charge is 0.573 e. The number of benzene rings is 3. The first-order chi connectivity index (χ1) is 21.4. The van der Waals surface area contributed by atoms with Gasteiger partial charge in [-0.15, -0.1) is 18.3 Å². The number of aryl methyl sites for hydroxylation is 2. The number of nitrogens with zero attached hydrogens (tertiary/aromatic N) is 5. The number of rotatable bonds is 8. The van der Waals surface area contributed by atoms with Gasteiger partial charge in [-0.1, -0.05) is 23.9 Å². The molecule has 2 heterocycles. The highest BCUT2D eigenvalue weighted by Crippen LogP contribution is 2.35. The third-order valence-electron chi connectivity index (χ3n) is 6.80. The Morgan fingerprint density at radius 1 is 1.11 bits per heavy atom. The Morgan fingerprint density at radius 3 is 2.56 bits per heavy atom. The molecule has 10 nitrogen and oxygen atoms in total. The maximum atomic E-state index is 13.0. The molecule has 1 atom stereocenters. The molecule has 3 amide bonds. The summed E-state index contributed by atoms with van der Waals surface area (Å²) in [5.74, 6) is 0.00658. The average molecular weight is 639 g/mol. The number of carbonyl (C=O) groups excluding carboxylic acids is 2. The number of alkyl halides is 3. The molecule has 0 bridgehead atoms. The van der Waals surface area contributed by atoms with Gasteiger partial charge in [-0.25, -0.2) is 14.5 Å². The van der Waals surface area contributed by atoms with Crippen molar-refractivity contribution in [1.29, 1.82) is 0 Å². The first-order valence-corrected chi connectivity index (χ1v) is 14.9. The van der Waals surface area contributed by atoms with E-state index in [1.807, 2.05) is 39.0 Å². The van der Waals surface area contributed by atoms with E-state index in [9.17, 15) is 22.8 Å². The molecular formula is C31H29F3N6O4S. The van der Waals surface area contributed by atoms with Crippen molar-refractivity contribution in [2.75, 3.05) is 22.6 Å². The lowest BCUT2D eigenvalue weighted by Gasteiger charge is -2.23. The fourth-order valence-electron chi connectivity index (χ4n) is 4.71. The maximum absolute atomic E-state index is 13.0. The standard InChI is InChI=1S/C31H29F3N6O4S/c1-5-43-20(4)24-12-6-18(2)14-26(24)40-27(41)16-45-30(40)37-29(42)36-25-13-7-21(15-19(25)3)28-35-17-39(38-28)22-8-10-23(11-9-22)44-31(32,33)34/h6-15,17,20H,5,16H2,1-4H3,(H,36,42). The van der Waals surface area contributed by atoms with Crippen LogP contribution in [0.4, 0.5) is 29.3 Å². The fraction of sp³-hybridized carbons (Fsp3) is 0.258. The van der Waals surface area contributed by atoms with Crippen LogP contribution in [0.2, 0.25) is 0 Å². The van der Waals surface area contributed by atoms with Crippen LogP contribution in [0, 0.1) is 13.8 Å². The van der Waals surface area contributed by atoms with Crippen LogP contribution in [0.15, 0.2) is 72.0 Å². The normalized spacial score (nSPS) is 15.0. The number of carbonyl (C=O) groups is 2. The maximum Gasteiger partial charge on any atom is 0.573 e. The Hall–Kier alpha value is -4.69. The zero-order valence-corrected chi connectivity index (χ0v) is 25.6. The van der Waals surface area contributed by atoms with Gasteiger partial charge < -0.3 is 14.8 Å². The molecule has 0 spiro atoms. The van der Waals surface area contributed by atoms with E-state index < -0.39 is 12.4 Å². The molecule has 4 aromatic rings. The van der Waals surface area contributed by atoms with Crippen molar-refractivity contribution < 1.29 is 32.2 Å². The number of aromatic nitrogens is 3. The molecule has 1 aliphatic rings. The predicted octanol–water partition coefficient (Wildman–Crippen LogP) is 7.22. The molecule has 0 radical (unpaired) electrons. The summed E-state index contributed by atoms with van der Waals surface area (Å²) < 4.78 is 48.4. The van der Waals surface area contributed by atoms with Crippen molar-refractivity contribution in [2.24, 2.45) is 4.99 Å². The second kappa shape index (κ2) is 13.1. The third kappa shape index (κ3) is 7.52. The molecule has 1 saturated heterocycles. The minimum atomic E-state index is -4.78. The second-order valence-electron chi connectivity index (χ2n) is 10.1. The molecule has 1 unspecified atom stereocenters. The van der Waals surface area contributed by atoms with Gasteiger partial charge in [0, 0.05) is 23.4 Å². The molecule has 3 aromatic carbocycles. The summed E-state index contributed by atoms with van der Waals surface area (Å²) in [5, 5.41) is 7.48. The van der Waals surface area contributed by atoms with Crippen LogP contribution >= 0.6 is 11.8 Å². The van der Waals surface area contributed by atoms with Gasteiger partial charge in [-0.2, -0.15) is 4.99 Å². The number of nitrogens with one attached hydrogen (secondary N) is 1. The first kappa shape index (κ1) is 31.7. The monoisotopic (exact) mass is 638 g/mol. The molecule has 0 saturated carbocycles. The van der Waals surface area contributed by atoms with E-state index in [0.29, 0.717) is 40.6 Å². The quantitative estimate of drug-likeness (QED) is 0.217. The summed E-state index contributed by atoms with van der Waals surface area (Å²) in [6.45, 7) is 8.05. The van der Waals surface area contributed by atoms with E-state index >= 15 is 0 Å². The molecule has 0 aliphatic carbocycles. The lowest BCUT2D eigenvalue weighted by molar-refractivity contribution is -0.274. The Balaban J connectivity index is 1.31. The van der Waals surface area contributed by atoms with Crippen LogP contribution < -0.4 is 15.0 Å². The number of ether oxygens (including phenoxy) is 2. The number of anilines is 2. The minimum absolute atomic E-state index is 0.154. The SMILES string of the molecule is CCOC(C)c1ccc(C)cc1N1C(=O)CSC1=NC(=O)Nc1ccc(-c2ncn(-c3ccc(OC(F)(F)F)cc3)n2)cc1C. The van der Waals surface area contributed by atoms with Crippen LogP contribution in [0.3, 0.4) is 0 Å². The molecule has 5 rings (SSSR count). The Bertz CT molecular complexity index is 1760. The number of hydrogen-bond donors (Lipinski definition) is 1. The molecule has 1 aliphatic heterocycles. The van der Waals surface area contributed by atoms with E-state index in [0.717, 1.165) is 11.1 Å². The van der Waals surface area contributed by atoms with Gasteiger partial charge in [0.25, 0.3) is 0 Å². The molecule has 1 aromatic heterocycles. The third-order valence-corrected chi connectivity index (χ3v) is 7.72. The molecule has 14 heteroatoms. The van der Waals surface area contributed by atoms with Gasteiger partial charge >= 0.3 is 12.4 Å². The van der Waals surface area contributed by atoms with Crippen molar-refractivity contribution in [3.63, 3.8) is 0 Å². The summed E-state index contributed by atoms with van der Waals surface area (Å²) in [4.78, 5) is 36.0. The van der Waals surface area contributed by atoms with Gasteiger partial charge in [-0.3, -0.25) is 9.69 Å². The first-order valence-electron chi connectivity index (χ1n) is 13.9. The summed E-state index contributed by atoms with van der Waals surface area (Å²) in [6, 6.07) is 15.6. The van der Waals surface area contributed by atoms with Gasteiger partial charge in [-0.05, 0) is 87.4 Å². The zero-order chi connectivity index (χ0) is 32.3. The van der Waals surface area contributed by atoms with Gasteiger partial charge in [0.1, 0.15) is 12.1 Å². The molecule has 45 heavy (non-hydrogen) atoms. The summed E-state index contributed by atoms with van der Waals surface area (Å²) in [6.07, 6.45) is -3.60. The zero-order valence-electron chi connectivity index (χ0n) is 24.8. The van der Waals surface area contributed by atoms with Gasteiger partial charge in [0.15, 0.2) is 11.0 Å². The van der Waals surface area contributed by atoms with E-state index in [1.54, 1.807) is 25.1 Å². The molecule has 234 valence electrons. The second-order valence-corrected chi connectivity index (χ2v) is 11.0. The number of hydrogen-bond acceptors (Lipinski definition) is 7.